The topological polar surface area (TPSA) is 147 Å². The summed E-state index contributed by atoms with van der Waals surface area (Å²) >= 11 is 0. The van der Waals surface area contributed by atoms with E-state index in [0.29, 0.717) is 22.5 Å². The molecule has 1 aliphatic carbocycles. The zero-order valence-electron chi connectivity index (χ0n) is 18.1. The van der Waals surface area contributed by atoms with Crippen LogP contribution in [0.5, 0.6) is 0 Å². The molecule has 172 valence electrons. The summed E-state index contributed by atoms with van der Waals surface area (Å²) in [4.78, 5) is 30.2. The van der Waals surface area contributed by atoms with Gasteiger partial charge in [-0.15, -0.1) is 0 Å². The molecule has 1 fully saturated rings. The van der Waals surface area contributed by atoms with E-state index in [1.807, 2.05) is 11.6 Å². The van der Waals surface area contributed by atoms with E-state index in [9.17, 15) is 13.6 Å². The molecular formula is C21H23F2N9O. The molecule has 0 atom stereocenters. The minimum Gasteiger partial charge on any atom is -0.383 e. The molecule has 33 heavy (non-hydrogen) atoms. The molecule has 0 spiro atoms. The number of halogens is 2. The fourth-order valence-electron chi connectivity index (χ4n) is 3.38. The first-order chi connectivity index (χ1) is 15.8. The quantitative estimate of drug-likeness (QED) is 0.363. The number of allylic oxidation sites excluding steroid dienone is 1. The number of hydrogen-bond donors (Lipinski definition) is 4. The van der Waals surface area contributed by atoms with Crippen molar-refractivity contribution in [2.24, 2.45) is 12.8 Å². The molecule has 0 aromatic carbocycles. The number of nitrogens with zero attached hydrogens (tertiary/aromatic N) is 5. The maximum atomic E-state index is 12.5. The standard InChI is InChI=1S/C21H23F2N9O/c1-10(24)13(6-27-8-15(22)23)29-21-19(20(25)33)30-18(16(31-21)11-3-4-11)12-5-26-7-14-17(12)28-9-32(14)2/h5-7,9,11,15,24,27H,3-4,8H2,1-2H3,(H2,25,33)(H,29,31)/b13-6+,24-10?. The van der Waals surface area contributed by atoms with Crippen LogP contribution < -0.4 is 16.4 Å². The monoisotopic (exact) mass is 455 g/mol. The zero-order valence-corrected chi connectivity index (χ0v) is 18.1. The van der Waals surface area contributed by atoms with E-state index in [1.54, 1.807) is 18.7 Å². The summed E-state index contributed by atoms with van der Waals surface area (Å²) in [6, 6.07) is 0. The summed E-state index contributed by atoms with van der Waals surface area (Å²) in [5.74, 6) is -0.623. The number of pyridine rings is 1. The predicted octanol–water partition coefficient (Wildman–Crippen LogP) is 2.55. The molecule has 0 radical (unpaired) electrons. The van der Waals surface area contributed by atoms with Gasteiger partial charge in [0.05, 0.1) is 47.4 Å². The molecule has 1 aliphatic rings. The van der Waals surface area contributed by atoms with Crippen LogP contribution in [0.3, 0.4) is 0 Å². The molecule has 5 N–H and O–H groups in total. The van der Waals surface area contributed by atoms with Crippen molar-refractivity contribution in [1.82, 2.24) is 29.8 Å². The second kappa shape index (κ2) is 8.88. The van der Waals surface area contributed by atoms with Crippen LogP contribution in [0.4, 0.5) is 14.6 Å². The summed E-state index contributed by atoms with van der Waals surface area (Å²) in [6.45, 7) is 0.893. The van der Waals surface area contributed by atoms with Crippen molar-refractivity contribution in [3.8, 4) is 11.3 Å². The smallest absolute Gasteiger partial charge is 0.271 e. The Morgan fingerprint density at radius 3 is 2.76 bits per heavy atom. The Kier molecular flexibility index (Phi) is 5.99. The highest BCUT2D eigenvalue weighted by Gasteiger charge is 2.32. The minimum absolute atomic E-state index is 0.0495. The van der Waals surface area contributed by atoms with Gasteiger partial charge in [0.2, 0.25) is 0 Å². The van der Waals surface area contributed by atoms with Crippen LogP contribution in [-0.2, 0) is 7.05 Å². The van der Waals surface area contributed by atoms with Crippen LogP contribution in [0.15, 0.2) is 30.6 Å². The molecule has 12 heteroatoms. The highest BCUT2D eigenvalue weighted by Crippen LogP contribution is 2.44. The predicted molar refractivity (Wildman–Crippen MR) is 119 cm³/mol. The van der Waals surface area contributed by atoms with Gasteiger partial charge in [0.1, 0.15) is 5.52 Å². The molecule has 0 bridgehead atoms. The van der Waals surface area contributed by atoms with Gasteiger partial charge < -0.3 is 26.3 Å². The summed E-state index contributed by atoms with van der Waals surface area (Å²) in [5.41, 5.74) is 8.92. The lowest BCUT2D eigenvalue weighted by atomic mass is 10.1. The summed E-state index contributed by atoms with van der Waals surface area (Å²) in [5, 5.41) is 13.3. The van der Waals surface area contributed by atoms with Gasteiger partial charge in [-0.3, -0.25) is 9.78 Å². The zero-order chi connectivity index (χ0) is 23.7. The van der Waals surface area contributed by atoms with E-state index in [-0.39, 0.29) is 28.8 Å². The van der Waals surface area contributed by atoms with Gasteiger partial charge in [0, 0.05) is 30.9 Å². The maximum Gasteiger partial charge on any atom is 0.271 e. The first-order valence-electron chi connectivity index (χ1n) is 10.3. The number of anilines is 1. The Morgan fingerprint density at radius 2 is 2.12 bits per heavy atom. The normalized spacial score (nSPS) is 14.0. The lowest BCUT2D eigenvalue weighted by Gasteiger charge is -2.16. The van der Waals surface area contributed by atoms with Crippen LogP contribution >= 0.6 is 0 Å². The van der Waals surface area contributed by atoms with Gasteiger partial charge in [0.15, 0.2) is 11.5 Å². The van der Waals surface area contributed by atoms with Crippen LogP contribution in [0.2, 0.25) is 0 Å². The fraction of sp³-hybridized carbons (Fsp3) is 0.333. The number of amides is 1. The third-order valence-corrected chi connectivity index (χ3v) is 5.19. The van der Waals surface area contributed by atoms with Crippen molar-refractivity contribution in [1.29, 1.82) is 5.41 Å². The van der Waals surface area contributed by atoms with E-state index < -0.39 is 18.9 Å². The molecule has 1 amide bonds. The number of carbonyl (C=O) groups is 1. The largest absolute Gasteiger partial charge is 0.383 e. The number of hydrogen-bond acceptors (Lipinski definition) is 8. The molecule has 0 aliphatic heterocycles. The van der Waals surface area contributed by atoms with Crippen LogP contribution in [0, 0.1) is 5.41 Å². The number of rotatable bonds is 9. The van der Waals surface area contributed by atoms with Crippen molar-refractivity contribution >= 4 is 28.5 Å². The Hall–Kier alpha value is -3.96. The van der Waals surface area contributed by atoms with Gasteiger partial charge in [-0.25, -0.2) is 23.7 Å². The number of imidazole rings is 1. The highest BCUT2D eigenvalue weighted by atomic mass is 19.3. The first kappa shape index (κ1) is 22.2. The van der Waals surface area contributed by atoms with Crippen molar-refractivity contribution in [3.05, 3.63) is 42.0 Å². The van der Waals surface area contributed by atoms with Gasteiger partial charge in [-0.1, -0.05) is 0 Å². The third-order valence-electron chi connectivity index (χ3n) is 5.19. The van der Waals surface area contributed by atoms with Gasteiger partial charge in [0.25, 0.3) is 12.3 Å². The first-order valence-corrected chi connectivity index (χ1v) is 10.3. The Balaban J connectivity index is 1.82. The minimum atomic E-state index is -2.56. The lowest BCUT2D eigenvalue weighted by Crippen LogP contribution is -2.23. The van der Waals surface area contributed by atoms with E-state index in [2.05, 4.69) is 30.6 Å². The molecule has 0 saturated heterocycles. The molecular weight excluding hydrogens is 432 g/mol. The number of alkyl halides is 2. The molecule has 10 nitrogen and oxygen atoms in total. The number of aromatic nitrogens is 5. The highest BCUT2D eigenvalue weighted by molar-refractivity contribution is 6.02. The number of carbonyl (C=O) groups excluding carboxylic acids is 1. The molecule has 3 heterocycles. The van der Waals surface area contributed by atoms with Crippen molar-refractivity contribution in [2.75, 3.05) is 11.9 Å². The van der Waals surface area contributed by atoms with E-state index in [1.165, 1.54) is 13.1 Å². The summed E-state index contributed by atoms with van der Waals surface area (Å²) in [7, 11) is 1.85. The average Bonchev–Trinajstić information content (AvgIpc) is 3.54. The van der Waals surface area contributed by atoms with Crippen LogP contribution in [0.25, 0.3) is 22.3 Å². The number of nitrogens with two attached hydrogens (primary N) is 1. The molecule has 4 rings (SSSR count). The molecule has 0 unspecified atom stereocenters. The Morgan fingerprint density at radius 1 is 1.36 bits per heavy atom. The van der Waals surface area contributed by atoms with E-state index >= 15 is 0 Å². The van der Waals surface area contributed by atoms with Gasteiger partial charge >= 0.3 is 0 Å². The summed E-state index contributed by atoms with van der Waals surface area (Å²) < 4.78 is 26.8. The average molecular weight is 455 g/mol. The van der Waals surface area contributed by atoms with Crippen molar-refractivity contribution in [3.63, 3.8) is 0 Å². The third kappa shape index (κ3) is 4.64. The van der Waals surface area contributed by atoms with Crippen molar-refractivity contribution in [2.45, 2.75) is 32.1 Å². The number of primary amides is 1. The summed E-state index contributed by atoms with van der Waals surface area (Å²) in [6.07, 6.45) is 5.49. The van der Waals surface area contributed by atoms with Crippen LogP contribution in [0.1, 0.15) is 41.9 Å². The lowest BCUT2D eigenvalue weighted by molar-refractivity contribution is 0.0996. The second-order valence-electron chi connectivity index (χ2n) is 7.81. The van der Waals surface area contributed by atoms with Gasteiger partial charge in [-0.2, -0.15) is 0 Å². The SMILES string of the molecule is CC(=N)/C(=C\NCC(F)F)Nc1nc(C2CC2)c(-c2cncc3c2ncn3C)nc1C(N)=O. The molecule has 3 aromatic rings. The number of aryl methyl sites for hydroxylation is 1. The van der Waals surface area contributed by atoms with Crippen molar-refractivity contribution < 1.29 is 13.6 Å². The maximum absolute atomic E-state index is 12.5. The molecule has 1 saturated carbocycles. The second-order valence-corrected chi connectivity index (χ2v) is 7.81. The number of nitrogens with one attached hydrogen (secondary N) is 3. The molecule has 3 aromatic heterocycles. The van der Waals surface area contributed by atoms with Gasteiger partial charge in [-0.05, 0) is 19.8 Å². The number of fused-ring (bicyclic) bond motifs is 1. The fourth-order valence-corrected chi connectivity index (χ4v) is 3.38. The van der Waals surface area contributed by atoms with Crippen LogP contribution in [-0.4, -0.2) is 49.1 Å². The van der Waals surface area contributed by atoms with E-state index in [0.717, 1.165) is 18.4 Å². The Labute approximate surface area is 187 Å². The van der Waals surface area contributed by atoms with E-state index in [4.69, 9.17) is 11.1 Å². The Bertz CT molecular complexity index is 1260.